The van der Waals surface area contributed by atoms with Gasteiger partial charge in [0.15, 0.2) is 0 Å². The first-order valence-electron chi connectivity index (χ1n) is 5.33. The average Bonchev–Trinajstić information content (AvgIpc) is 2.29. The van der Waals surface area contributed by atoms with Crippen LogP contribution in [0, 0.1) is 0 Å². The van der Waals surface area contributed by atoms with Gasteiger partial charge < -0.3 is 16.2 Å². The van der Waals surface area contributed by atoms with Crippen LogP contribution in [0.2, 0.25) is 0 Å². The molecule has 92 valence electrons. The number of nitrogens with two attached hydrogens (primary N) is 1. The zero-order valence-corrected chi connectivity index (χ0v) is 9.64. The van der Waals surface area contributed by atoms with Crippen molar-refractivity contribution in [3.05, 3.63) is 35.4 Å². The fraction of sp³-hybridized carbons (Fsp3) is 0.333. The first-order valence-corrected chi connectivity index (χ1v) is 5.33. The number of carboxylic acid groups (broad SMARTS) is 1. The highest BCUT2D eigenvalue weighted by Crippen LogP contribution is 2.08. The lowest BCUT2D eigenvalue weighted by Gasteiger charge is -2.11. The van der Waals surface area contributed by atoms with Crippen molar-refractivity contribution >= 4 is 11.9 Å². The normalized spacial score (nSPS) is 11.9. The van der Waals surface area contributed by atoms with Crippen LogP contribution in [0.25, 0.3) is 0 Å². The lowest BCUT2D eigenvalue weighted by molar-refractivity contribution is -0.141. The third-order valence-corrected chi connectivity index (χ3v) is 2.44. The number of carboxylic acids is 1. The van der Waals surface area contributed by atoms with Gasteiger partial charge >= 0.3 is 5.97 Å². The van der Waals surface area contributed by atoms with Gasteiger partial charge in [-0.3, -0.25) is 9.59 Å². The summed E-state index contributed by atoms with van der Waals surface area (Å²) in [6, 6.07) is 6.45. The van der Waals surface area contributed by atoms with Gasteiger partial charge in [0.25, 0.3) is 0 Å². The zero-order chi connectivity index (χ0) is 12.8. The molecule has 1 aromatic carbocycles. The van der Waals surface area contributed by atoms with E-state index in [1.165, 1.54) is 6.92 Å². The smallest absolute Gasteiger partial charge is 0.325 e. The second kappa shape index (κ2) is 6.00. The van der Waals surface area contributed by atoms with Crippen LogP contribution in [0.1, 0.15) is 18.1 Å². The number of benzene rings is 1. The highest BCUT2D eigenvalue weighted by atomic mass is 16.4. The molecule has 0 aromatic heterocycles. The average molecular weight is 236 g/mol. The number of aliphatic carboxylic acids is 1. The van der Waals surface area contributed by atoms with Gasteiger partial charge in [-0.2, -0.15) is 0 Å². The van der Waals surface area contributed by atoms with E-state index in [0.717, 1.165) is 11.1 Å². The Morgan fingerprint density at radius 2 is 1.94 bits per heavy atom. The summed E-state index contributed by atoms with van der Waals surface area (Å²) in [4.78, 5) is 22.2. The van der Waals surface area contributed by atoms with Crippen molar-refractivity contribution < 1.29 is 14.7 Å². The molecule has 4 N–H and O–H groups in total. The molecule has 0 unspecified atom stereocenters. The van der Waals surface area contributed by atoms with Crippen molar-refractivity contribution in [3.63, 3.8) is 0 Å². The first-order chi connectivity index (χ1) is 8.04. The van der Waals surface area contributed by atoms with E-state index in [4.69, 9.17) is 10.8 Å². The molecule has 0 saturated heterocycles. The molecule has 1 rings (SSSR count). The monoisotopic (exact) mass is 236 g/mol. The van der Waals surface area contributed by atoms with Gasteiger partial charge in [0, 0.05) is 6.54 Å². The molecule has 0 bridgehead atoms. The Morgan fingerprint density at radius 1 is 1.35 bits per heavy atom. The van der Waals surface area contributed by atoms with Gasteiger partial charge in [-0.25, -0.2) is 0 Å². The maximum Gasteiger partial charge on any atom is 0.325 e. The summed E-state index contributed by atoms with van der Waals surface area (Å²) in [6.07, 6.45) is 0.144. The van der Waals surface area contributed by atoms with E-state index in [0.29, 0.717) is 6.54 Å². The van der Waals surface area contributed by atoms with Gasteiger partial charge in [-0.15, -0.1) is 0 Å². The molecule has 0 aliphatic heterocycles. The minimum absolute atomic E-state index is 0.144. The number of amides is 1. The first kappa shape index (κ1) is 13.2. The predicted octanol–water partition coefficient (Wildman–Crippen LogP) is 0.277. The summed E-state index contributed by atoms with van der Waals surface area (Å²) in [5.41, 5.74) is 7.27. The molecule has 5 nitrogen and oxygen atoms in total. The van der Waals surface area contributed by atoms with Crippen LogP contribution in [0.5, 0.6) is 0 Å². The molecule has 1 amide bonds. The van der Waals surface area contributed by atoms with Crippen molar-refractivity contribution in [2.24, 2.45) is 5.73 Å². The van der Waals surface area contributed by atoms with Crippen molar-refractivity contribution in [2.75, 3.05) is 0 Å². The Hall–Kier alpha value is -1.88. The van der Waals surface area contributed by atoms with Crippen LogP contribution in [0.3, 0.4) is 0 Å². The molecular formula is C12H16N2O3. The van der Waals surface area contributed by atoms with Gasteiger partial charge in [0.1, 0.15) is 6.04 Å². The Bertz CT molecular complexity index is 418. The molecule has 0 saturated carbocycles. The standard InChI is InChI=1S/C12H16N2O3/c1-8(12(16)17)14-11(15)6-9-4-2-3-5-10(9)7-13/h2-5,8H,6-7,13H2,1H3,(H,14,15)(H,16,17)/t8-/m0/s1. The van der Waals surface area contributed by atoms with Gasteiger partial charge in [0.2, 0.25) is 5.91 Å². The van der Waals surface area contributed by atoms with E-state index in [1.54, 1.807) is 0 Å². The maximum atomic E-state index is 11.6. The van der Waals surface area contributed by atoms with Crippen LogP contribution in [0.15, 0.2) is 24.3 Å². The van der Waals surface area contributed by atoms with Crippen molar-refractivity contribution in [3.8, 4) is 0 Å². The largest absolute Gasteiger partial charge is 0.480 e. The lowest BCUT2D eigenvalue weighted by Crippen LogP contribution is -2.39. The molecule has 0 fully saturated rings. The van der Waals surface area contributed by atoms with E-state index in [-0.39, 0.29) is 12.3 Å². The number of carbonyl (C=O) groups is 2. The molecule has 0 radical (unpaired) electrons. The molecule has 5 heteroatoms. The highest BCUT2D eigenvalue weighted by molar-refractivity contribution is 5.84. The van der Waals surface area contributed by atoms with Crippen molar-refractivity contribution in [1.29, 1.82) is 0 Å². The van der Waals surface area contributed by atoms with Gasteiger partial charge in [-0.05, 0) is 18.1 Å². The molecule has 17 heavy (non-hydrogen) atoms. The summed E-state index contributed by atoms with van der Waals surface area (Å²) >= 11 is 0. The highest BCUT2D eigenvalue weighted by Gasteiger charge is 2.14. The Morgan fingerprint density at radius 3 is 2.47 bits per heavy atom. The van der Waals surface area contributed by atoms with Crippen LogP contribution in [-0.2, 0) is 22.6 Å². The summed E-state index contributed by atoms with van der Waals surface area (Å²) in [6.45, 7) is 1.78. The number of rotatable bonds is 5. The minimum atomic E-state index is -1.05. The molecule has 0 aliphatic rings. The zero-order valence-electron chi connectivity index (χ0n) is 9.64. The van der Waals surface area contributed by atoms with Crippen molar-refractivity contribution in [2.45, 2.75) is 25.9 Å². The van der Waals surface area contributed by atoms with Gasteiger partial charge in [-0.1, -0.05) is 24.3 Å². The second-order valence-electron chi connectivity index (χ2n) is 3.78. The molecule has 0 heterocycles. The third-order valence-electron chi connectivity index (χ3n) is 2.44. The Balaban J connectivity index is 2.65. The third kappa shape index (κ3) is 3.88. The number of hydrogen-bond donors (Lipinski definition) is 3. The van der Waals surface area contributed by atoms with Crippen LogP contribution in [0.4, 0.5) is 0 Å². The van der Waals surface area contributed by atoms with Crippen LogP contribution < -0.4 is 11.1 Å². The van der Waals surface area contributed by atoms with E-state index >= 15 is 0 Å². The van der Waals surface area contributed by atoms with Crippen LogP contribution in [-0.4, -0.2) is 23.0 Å². The fourth-order valence-electron chi connectivity index (χ4n) is 1.46. The summed E-state index contributed by atoms with van der Waals surface area (Å²) in [5.74, 6) is -1.37. The Kier molecular flexibility index (Phi) is 4.66. The Labute approximate surface area is 99.6 Å². The van der Waals surface area contributed by atoms with E-state index in [9.17, 15) is 9.59 Å². The SMILES string of the molecule is C[C@H](NC(=O)Cc1ccccc1CN)C(=O)O. The maximum absolute atomic E-state index is 11.6. The van der Waals surface area contributed by atoms with E-state index in [1.807, 2.05) is 24.3 Å². The van der Waals surface area contributed by atoms with Crippen LogP contribution >= 0.6 is 0 Å². The molecule has 1 atom stereocenters. The minimum Gasteiger partial charge on any atom is -0.480 e. The van der Waals surface area contributed by atoms with E-state index in [2.05, 4.69) is 5.32 Å². The summed E-state index contributed by atoms with van der Waals surface area (Å²) < 4.78 is 0. The second-order valence-corrected chi connectivity index (χ2v) is 3.78. The molecular weight excluding hydrogens is 220 g/mol. The van der Waals surface area contributed by atoms with E-state index < -0.39 is 12.0 Å². The predicted molar refractivity (Wildman–Crippen MR) is 63.3 cm³/mol. The van der Waals surface area contributed by atoms with Gasteiger partial charge in [0.05, 0.1) is 6.42 Å². The molecule has 0 aliphatic carbocycles. The topological polar surface area (TPSA) is 92.4 Å². The summed E-state index contributed by atoms with van der Waals surface area (Å²) in [5, 5.41) is 11.1. The molecule has 0 spiro atoms. The number of nitrogens with one attached hydrogen (secondary N) is 1. The number of carbonyl (C=O) groups excluding carboxylic acids is 1. The quantitative estimate of drug-likeness (QED) is 0.684. The van der Waals surface area contributed by atoms with Crippen molar-refractivity contribution in [1.82, 2.24) is 5.32 Å². The number of hydrogen-bond acceptors (Lipinski definition) is 3. The lowest BCUT2D eigenvalue weighted by atomic mass is 10.0. The fourth-order valence-corrected chi connectivity index (χ4v) is 1.46. The molecule has 1 aromatic rings. The summed E-state index contributed by atoms with van der Waals surface area (Å²) in [7, 11) is 0.